The Morgan fingerprint density at radius 1 is 1.05 bits per heavy atom. The molecule has 234 valence electrons. The Labute approximate surface area is 263 Å². The van der Waals surface area contributed by atoms with Crippen molar-refractivity contribution in [2.24, 2.45) is 5.41 Å². The van der Waals surface area contributed by atoms with Gasteiger partial charge in [0.2, 0.25) is 5.91 Å². The van der Waals surface area contributed by atoms with Gasteiger partial charge in [-0.1, -0.05) is 29.4 Å². The molecule has 1 spiro atoms. The number of benzene rings is 1. The molecule has 1 unspecified atom stereocenters. The van der Waals surface area contributed by atoms with Gasteiger partial charge >= 0.3 is 6.09 Å². The minimum atomic E-state index is -0.589. The average molecular weight is 631 g/mol. The molecule has 0 radical (unpaired) electrons. The second kappa shape index (κ2) is 13.1. The molecule has 4 heterocycles. The predicted octanol–water partition coefficient (Wildman–Crippen LogP) is 5.24. The molecule has 1 aromatic heterocycles. The Bertz CT molecular complexity index is 1300. The second-order valence-corrected chi connectivity index (χ2v) is 14.2. The molecule has 1 aromatic carbocycles. The van der Waals surface area contributed by atoms with Crippen molar-refractivity contribution in [2.45, 2.75) is 81.0 Å². The summed E-state index contributed by atoms with van der Waals surface area (Å²) in [6.07, 6.45) is 7.02. The number of halogens is 1. The topological polar surface area (TPSA) is 100 Å². The molecule has 0 aliphatic carbocycles. The number of nitrogens with zero attached hydrogens (tertiary/aromatic N) is 5. The SMILES string of the molecule is CO[C@H]1CCN(c2cccc(Sc3cnc(N4CCC5(CCN(C(C)=O)CC5NC(=O)OC(C)(C)C)CC4)cn3)c2Cl)C1. The van der Waals surface area contributed by atoms with Crippen LogP contribution in [-0.4, -0.2) is 91.0 Å². The molecule has 2 amide bonds. The summed E-state index contributed by atoms with van der Waals surface area (Å²) in [6.45, 7) is 11.7. The summed E-state index contributed by atoms with van der Waals surface area (Å²) in [6, 6.07) is 5.92. The predicted molar refractivity (Wildman–Crippen MR) is 169 cm³/mol. The summed E-state index contributed by atoms with van der Waals surface area (Å²) in [4.78, 5) is 41.7. The van der Waals surface area contributed by atoms with Crippen molar-refractivity contribution < 1.29 is 19.1 Å². The van der Waals surface area contributed by atoms with Gasteiger partial charge in [0.1, 0.15) is 16.4 Å². The van der Waals surface area contributed by atoms with Crippen molar-refractivity contribution in [1.82, 2.24) is 20.2 Å². The van der Waals surface area contributed by atoms with E-state index in [0.29, 0.717) is 13.1 Å². The monoisotopic (exact) mass is 630 g/mol. The Balaban J connectivity index is 1.22. The molecule has 2 aromatic rings. The lowest BCUT2D eigenvalue weighted by atomic mass is 9.68. The maximum Gasteiger partial charge on any atom is 0.407 e. The van der Waals surface area contributed by atoms with Gasteiger partial charge in [0.25, 0.3) is 0 Å². The number of piperidine rings is 2. The van der Waals surface area contributed by atoms with Gasteiger partial charge in [0.05, 0.1) is 35.2 Å². The maximum atomic E-state index is 12.7. The van der Waals surface area contributed by atoms with Crippen molar-refractivity contribution in [3.8, 4) is 0 Å². The van der Waals surface area contributed by atoms with E-state index in [1.54, 1.807) is 14.0 Å². The number of hydrogen-bond donors (Lipinski definition) is 1. The van der Waals surface area contributed by atoms with Crippen molar-refractivity contribution in [3.05, 3.63) is 35.6 Å². The number of carbonyl (C=O) groups is 2. The van der Waals surface area contributed by atoms with Crippen LogP contribution in [0.3, 0.4) is 0 Å². The van der Waals surface area contributed by atoms with Crippen molar-refractivity contribution in [1.29, 1.82) is 0 Å². The first-order valence-corrected chi connectivity index (χ1v) is 16.2. The van der Waals surface area contributed by atoms with E-state index >= 15 is 0 Å². The molecular formula is C31H43ClN6O4S. The third kappa shape index (κ3) is 7.49. The van der Waals surface area contributed by atoms with E-state index in [0.717, 1.165) is 78.3 Å². The standard InChI is InChI=1S/C31H43ClN6O4S/c1-21(39)37-16-12-31(25(20-37)35-29(40)42-30(2,3)4)10-14-36(15-11-31)26-17-34-27(18-33-26)43-24-8-6-7-23(28(24)32)38-13-9-22(19-38)41-5/h6-8,17-18,22,25H,9-16,19-20H2,1-5H3,(H,35,40)/t22-,25?/m0/s1. The van der Waals surface area contributed by atoms with Gasteiger partial charge in [-0.2, -0.15) is 0 Å². The highest BCUT2D eigenvalue weighted by molar-refractivity contribution is 7.99. The number of ether oxygens (including phenoxy) is 2. The summed E-state index contributed by atoms with van der Waals surface area (Å²) >= 11 is 8.35. The van der Waals surface area contributed by atoms with E-state index in [-0.39, 0.29) is 23.5 Å². The van der Waals surface area contributed by atoms with Crippen LogP contribution in [0.2, 0.25) is 5.02 Å². The van der Waals surface area contributed by atoms with Crippen molar-refractivity contribution >= 4 is 46.9 Å². The Kier molecular flexibility index (Phi) is 9.63. The van der Waals surface area contributed by atoms with E-state index in [9.17, 15) is 9.59 Å². The molecule has 0 bridgehead atoms. The fourth-order valence-electron chi connectivity index (χ4n) is 6.35. The van der Waals surface area contributed by atoms with E-state index in [1.165, 1.54) is 11.8 Å². The molecule has 12 heteroatoms. The lowest BCUT2D eigenvalue weighted by Gasteiger charge is -2.51. The number of methoxy groups -OCH3 is 1. The normalized spacial score (nSPS) is 22.1. The summed E-state index contributed by atoms with van der Waals surface area (Å²) in [5, 5.41) is 4.62. The van der Waals surface area contributed by atoms with Crippen LogP contribution in [0.1, 0.15) is 53.4 Å². The second-order valence-electron chi connectivity index (χ2n) is 12.8. The van der Waals surface area contributed by atoms with E-state index in [2.05, 4.69) is 21.2 Å². The van der Waals surface area contributed by atoms with Gasteiger partial charge in [0.15, 0.2) is 0 Å². The first kappa shape index (κ1) is 31.7. The Morgan fingerprint density at radius 2 is 1.79 bits per heavy atom. The molecule has 3 saturated heterocycles. The van der Waals surface area contributed by atoms with Crippen LogP contribution in [0.4, 0.5) is 16.3 Å². The van der Waals surface area contributed by atoms with Crippen LogP contribution in [-0.2, 0) is 14.3 Å². The fourth-order valence-corrected chi connectivity index (χ4v) is 7.49. The lowest BCUT2D eigenvalue weighted by molar-refractivity contribution is -0.132. The van der Waals surface area contributed by atoms with Gasteiger partial charge < -0.3 is 29.5 Å². The molecule has 5 rings (SSSR count). The van der Waals surface area contributed by atoms with Crippen LogP contribution < -0.4 is 15.1 Å². The average Bonchev–Trinajstić information content (AvgIpc) is 3.44. The van der Waals surface area contributed by atoms with Gasteiger partial charge in [0, 0.05) is 58.2 Å². The number of aromatic nitrogens is 2. The number of alkyl carbamates (subject to hydrolysis) is 1. The molecule has 1 N–H and O–H groups in total. The van der Waals surface area contributed by atoms with Crippen LogP contribution in [0.5, 0.6) is 0 Å². The first-order valence-electron chi connectivity index (χ1n) is 15.0. The fraction of sp³-hybridized carbons (Fsp3) is 0.613. The third-order valence-electron chi connectivity index (χ3n) is 8.83. The largest absolute Gasteiger partial charge is 0.444 e. The third-order valence-corrected chi connectivity index (χ3v) is 10.3. The van der Waals surface area contributed by atoms with E-state index < -0.39 is 11.7 Å². The Hall–Kier alpha value is -2.76. The molecular weight excluding hydrogens is 588 g/mol. The summed E-state index contributed by atoms with van der Waals surface area (Å²) in [5.41, 5.74) is 0.323. The van der Waals surface area contributed by atoms with Gasteiger partial charge in [-0.05, 0) is 64.0 Å². The number of likely N-dealkylation sites (tertiary alicyclic amines) is 1. The number of rotatable bonds is 6. The zero-order chi connectivity index (χ0) is 30.8. The number of amides is 2. The highest BCUT2D eigenvalue weighted by Gasteiger charge is 2.46. The molecule has 3 fully saturated rings. The van der Waals surface area contributed by atoms with Crippen molar-refractivity contribution in [2.75, 3.05) is 56.2 Å². The maximum absolute atomic E-state index is 12.7. The Morgan fingerprint density at radius 3 is 2.42 bits per heavy atom. The summed E-state index contributed by atoms with van der Waals surface area (Å²) in [7, 11) is 1.76. The molecule has 0 saturated carbocycles. The molecule has 3 aliphatic heterocycles. The van der Waals surface area contributed by atoms with Crippen LogP contribution in [0.15, 0.2) is 40.5 Å². The zero-order valence-electron chi connectivity index (χ0n) is 25.8. The van der Waals surface area contributed by atoms with Crippen LogP contribution >= 0.6 is 23.4 Å². The minimum Gasteiger partial charge on any atom is -0.444 e. The van der Waals surface area contributed by atoms with Gasteiger partial charge in [-0.25, -0.2) is 14.8 Å². The number of hydrogen-bond acceptors (Lipinski definition) is 9. The summed E-state index contributed by atoms with van der Waals surface area (Å²) < 4.78 is 11.1. The highest BCUT2D eigenvalue weighted by atomic mass is 35.5. The molecule has 43 heavy (non-hydrogen) atoms. The smallest absolute Gasteiger partial charge is 0.407 e. The first-order chi connectivity index (χ1) is 20.5. The lowest BCUT2D eigenvalue weighted by Crippen LogP contribution is -2.62. The highest BCUT2D eigenvalue weighted by Crippen LogP contribution is 2.43. The quantitative estimate of drug-likeness (QED) is 0.459. The molecule has 3 aliphatic rings. The van der Waals surface area contributed by atoms with E-state index in [1.807, 2.05) is 50.2 Å². The van der Waals surface area contributed by atoms with Crippen LogP contribution in [0.25, 0.3) is 0 Å². The van der Waals surface area contributed by atoms with Crippen LogP contribution in [0, 0.1) is 5.41 Å². The number of carbonyl (C=O) groups excluding carboxylic acids is 2. The summed E-state index contributed by atoms with van der Waals surface area (Å²) in [5.74, 6) is 0.861. The minimum absolute atomic E-state index is 0.0281. The number of anilines is 2. The zero-order valence-corrected chi connectivity index (χ0v) is 27.3. The van der Waals surface area contributed by atoms with Gasteiger partial charge in [-0.3, -0.25) is 4.79 Å². The number of nitrogens with one attached hydrogen (secondary N) is 1. The van der Waals surface area contributed by atoms with Gasteiger partial charge in [-0.15, -0.1) is 0 Å². The van der Waals surface area contributed by atoms with E-state index in [4.69, 9.17) is 31.0 Å². The molecule has 10 nitrogen and oxygen atoms in total. The molecule has 2 atom stereocenters. The van der Waals surface area contributed by atoms with Crippen molar-refractivity contribution in [3.63, 3.8) is 0 Å².